The molecular weight excluding hydrogens is 529 g/mol. The molecule has 1 aromatic heterocycles. The maximum absolute atomic E-state index is 5.49. The normalized spacial score (nSPS) is 13.2. The third kappa shape index (κ3) is 5.79. The van der Waals surface area contributed by atoms with Gasteiger partial charge in [0.15, 0.2) is 17.5 Å². The molecule has 1 aliphatic rings. The molecular formula is C25H32IN5O2. The smallest absolute Gasteiger partial charge is 0.194 e. The zero-order chi connectivity index (χ0) is 22.5. The Balaban J connectivity index is 0.00000306. The summed E-state index contributed by atoms with van der Waals surface area (Å²) in [5, 5.41) is 3.54. The van der Waals surface area contributed by atoms with Crippen molar-refractivity contribution in [1.29, 1.82) is 0 Å². The summed E-state index contributed by atoms with van der Waals surface area (Å²) in [7, 11) is 5.19. The van der Waals surface area contributed by atoms with Gasteiger partial charge in [-0.1, -0.05) is 24.3 Å². The number of imidazole rings is 1. The van der Waals surface area contributed by atoms with E-state index in [0.29, 0.717) is 0 Å². The Hall–Kier alpha value is -2.75. The van der Waals surface area contributed by atoms with Crippen LogP contribution in [0.2, 0.25) is 0 Å². The van der Waals surface area contributed by atoms with Gasteiger partial charge in [0.05, 0.1) is 14.2 Å². The zero-order valence-electron chi connectivity index (χ0n) is 19.7. The van der Waals surface area contributed by atoms with Gasteiger partial charge in [0.25, 0.3) is 0 Å². The van der Waals surface area contributed by atoms with E-state index in [1.54, 1.807) is 14.2 Å². The van der Waals surface area contributed by atoms with Gasteiger partial charge >= 0.3 is 0 Å². The Morgan fingerprint density at radius 1 is 1.09 bits per heavy atom. The Morgan fingerprint density at radius 3 is 2.48 bits per heavy atom. The first kappa shape index (κ1) is 24.9. The molecule has 176 valence electrons. The average Bonchev–Trinajstić information content (AvgIpc) is 3.22. The largest absolute Gasteiger partial charge is 0.493 e. The topological polar surface area (TPSA) is 63.9 Å². The molecule has 2 aromatic carbocycles. The number of aromatic nitrogens is 2. The molecule has 0 saturated heterocycles. The number of benzene rings is 2. The number of rotatable bonds is 6. The van der Waals surface area contributed by atoms with Crippen molar-refractivity contribution in [3.05, 3.63) is 76.9 Å². The van der Waals surface area contributed by atoms with Crippen molar-refractivity contribution < 1.29 is 9.47 Å². The van der Waals surface area contributed by atoms with Crippen LogP contribution in [-0.4, -0.2) is 48.2 Å². The van der Waals surface area contributed by atoms with E-state index in [9.17, 15) is 0 Å². The lowest BCUT2D eigenvalue weighted by atomic mass is 9.99. The lowest BCUT2D eigenvalue weighted by Gasteiger charge is -2.32. The van der Waals surface area contributed by atoms with E-state index >= 15 is 0 Å². The van der Waals surface area contributed by atoms with E-state index in [-0.39, 0.29) is 24.0 Å². The number of methoxy groups -OCH3 is 2. The number of aliphatic imine (C=N–C) groups is 1. The van der Waals surface area contributed by atoms with Crippen LogP contribution in [0.4, 0.5) is 0 Å². The molecule has 3 aromatic rings. The van der Waals surface area contributed by atoms with Crippen molar-refractivity contribution >= 4 is 29.9 Å². The SMILES string of the molecule is CN=C(NCc1cccc(Cn2ccnc2C)c1)N1CCc2cc(OC)c(OC)cc2C1.I. The molecule has 0 aliphatic carbocycles. The lowest BCUT2D eigenvalue weighted by molar-refractivity contribution is 0.346. The highest BCUT2D eigenvalue weighted by atomic mass is 127. The molecule has 7 nitrogen and oxygen atoms in total. The Bertz CT molecular complexity index is 1110. The molecule has 2 heterocycles. The van der Waals surface area contributed by atoms with Crippen LogP contribution in [0.1, 0.15) is 28.1 Å². The summed E-state index contributed by atoms with van der Waals surface area (Å²) in [6.07, 6.45) is 4.80. The number of nitrogens with one attached hydrogen (secondary N) is 1. The minimum Gasteiger partial charge on any atom is -0.493 e. The highest BCUT2D eigenvalue weighted by Gasteiger charge is 2.21. The van der Waals surface area contributed by atoms with Gasteiger partial charge in [-0.2, -0.15) is 0 Å². The second kappa shape index (κ2) is 11.4. The third-order valence-corrected chi connectivity index (χ3v) is 5.95. The Kier molecular flexibility index (Phi) is 8.60. The van der Waals surface area contributed by atoms with E-state index in [0.717, 1.165) is 55.9 Å². The van der Waals surface area contributed by atoms with Gasteiger partial charge in [-0.15, -0.1) is 24.0 Å². The number of hydrogen-bond acceptors (Lipinski definition) is 4. The molecule has 0 unspecified atom stereocenters. The van der Waals surface area contributed by atoms with Gasteiger partial charge in [0, 0.05) is 45.6 Å². The number of aryl methyl sites for hydroxylation is 1. The fourth-order valence-corrected chi connectivity index (χ4v) is 4.18. The number of hydrogen-bond donors (Lipinski definition) is 1. The first-order valence-electron chi connectivity index (χ1n) is 10.9. The van der Waals surface area contributed by atoms with Gasteiger partial charge in [-0.05, 0) is 47.7 Å². The first-order chi connectivity index (χ1) is 15.6. The molecule has 0 radical (unpaired) electrons. The molecule has 1 N–H and O–H groups in total. The number of fused-ring (bicyclic) bond motifs is 1. The molecule has 4 rings (SSSR count). The second-order valence-electron chi connectivity index (χ2n) is 7.97. The number of ether oxygens (including phenoxy) is 2. The van der Waals surface area contributed by atoms with Gasteiger partial charge in [0.1, 0.15) is 5.82 Å². The first-order valence-corrected chi connectivity index (χ1v) is 10.9. The molecule has 0 bridgehead atoms. The maximum Gasteiger partial charge on any atom is 0.194 e. The van der Waals surface area contributed by atoms with Crippen molar-refractivity contribution in [2.45, 2.75) is 33.0 Å². The third-order valence-electron chi connectivity index (χ3n) is 5.95. The zero-order valence-corrected chi connectivity index (χ0v) is 22.0. The molecule has 0 atom stereocenters. The lowest BCUT2D eigenvalue weighted by Crippen LogP contribution is -2.43. The molecule has 0 fully saturated rings. The summed E-state index contributed by atoms with van der Waals surface area (Å²) < 4.78 is 13.1. The molecule has 8 heteroatoms. The maximum atomic E-state index is 5.49. The van der Waals surface area contributed by atoms with E-state index in [1.165, 1.54) is 22.3 Å². The van der Waals surface area contributed by atoms with Crippen LogP contribution in [0.25, 0.3) is 0 Å². The Labute approximate surface area is 212 Å². The summed E-state index contributed by atoms with van der Waals surface area (Å²) in [6.45, 7) is 5.26. The molecule has 0 saturated carbocycles. The van der Waals surface area contributed by atoms with Crippen molar-refractivity contribution in [3.63, 3.8) is 0 Å². The van der Waals surface area contributed by atoms with Gasteiger partial charge in [0.2, 0.25) is 0 Å². The van der Waals surface area contributed by atoms with E-state index < -0.39 is 0 Å². The van der Waals surface area contributed by atoms with Crippen molar-refractivity contribution in [2.75, 3.05) is 27.8 Å². The van der Waals surface area contributed by atoms with E-state index in [2.05, 4.69) is 61.2 Å². The van der Waals surface area contributed by atoms with Gasteiger partial charge in [-0.3, -0.25) is 4.99 Å². The quantitative estimate of drug-likeness (QED) is 0.280. The summed E-state index contributed by atoms with van der Waals surface area (Å²) in [5.41, 5.74) is 5.03. The number of halogens is 1. The predicted molar refractivity (Wildman–Crippen MR) is 142 cm³/mol. The summed E-state index contributed by atoms with van der Waals surface area (Å²) >= 11 is 0. The van der Waals surface area contributed by atoms with Crippen LogP contribution in [-0.2, 0) is 26.1 Å². The minimum atomic E-state index is 0. The van der Waals surface area contributed by atoms with Gasteiger partial charge < -0.3 is 24.3 Å². The van der Waals surface area contributed by atoms with Gasteiger partial charge in [-0.25, -0.2) is 4.98 Å². The van der Waals surface area contributed by atoms with Crippen molar-refractivity contribution in [2.24, 2.45) is 4.99 Å². The summed E-state index contributed by atoms with van der Waals surface area (Å²) in [6, 6.07) is 12.8. The van der Waals surface area contributed by atoms with Crippen LogP contribution >= 0.6 is 24.0 Å². The van der Waals surface area contributed by atoms with Crippen LogP contribution in [0.5, 0.6) is 11.5 Å². The van der Waals surface area contributed by atoms with Crippen molar-refractivity contribution in [1.82, 2.24) is 19.8 Å². The van der Waals surface area contributed by atoms with Crippen LogP contribution in [0, 0.1) is 6.92 Å². The predicted octanol–water partition coefficient (Wildman–Crippen LogP) is 4.01. The number of guanidine groups is 1. The Morgan fingerprint density at radius 2 is 1.82 bits per heavy atom. The van der Waals surface area contributed by atoms with E-state index in [4.69, 9.17) is 9.47 Å². The fourth-order valence-electron chi connectivity index (χ4n) is 4.18. The fraction of sp³-hybridized carbons (Fsp3) is 0.360. The van der Waals surface area contributed by atoms with Crippen LogP contribution < -0.4 is 14.8 Å². The molecule has 1 aliphatic heterocycles. The second-order valence-corrected chi connectivity index (χ2v) is 7.97. The molecule has 0 amide bonds. The highest BCUT2D eigenvalue weighted by Crippen LogP contribution is 2.33. The minimum absolute atomic E-state index is 0. The summed E-state index contributed by atoms with van der Waals surface area (Å²) in [5.74, 6) is 3.48. The van der Waals surface area contributed by atoms with Crippen LogP contribution in [0.15, 0.2) is 53.8 Å². The number of nitrogens with zero attached hydrogens (tertiary/aromatic N) is 4. The highest BCUT2D eigenvalue weighted by molar-refractivity contribution is 14.0. The average molecular weight is 561 g/mol. The van der Waals surface area contributed by atoms with Crippen molar-refractivity contribution in [3.8, 4) is 11.5 Å². The molecule has 0 spiro atoms. The standard InChI is InChI=1S/C25H31N5O2.HI/c1-18-27-9-11-29(18)16-20-7-5-6-19(12-20)15-28-25(26-2)30-10-8-21-13-23(31-3)24(32-4)14-22(21)17-30;/h5-7,9,11-14H,8,10,15-17H2,1-4H3,(H,26,28);1H. The monoisotopic (exact) mass is 561 g/mol. The van der Waals surface area contributed by atoms with Crippen LogP contribution in [0.3, 0.4) is 0 Å². The van der Waals surface area contributed by atoms with E-state index in [1.807, 2.05) is 26.4 Å². The summed E-state index contributed by atoms with van der Waals surface area (Å²) in [4.78, 5) is 11.1. The molecule has 33 heavy (non-hydrogen) atoms.